The summed E-state index contributed by atoms with van der Waals surface area (Å²) >= 11 is 0. The summed E-state index contributed by atoms with van der Waals surface area (Å²) in [5, 5.41) is 107. The van der Waals surface area contributed by atoms with E-state index in [-0.39, 0.29) is 45.7 Å². The molecule has 8 fully saturated rings. The summed E-state index contributed by atoms with van der Waals surface area (Å²) in [5.41, 5.74) is 1.44. The van der Waals surface area contributed by atoms with Gasteiger partial charge in [0.25, 0.3) is 0 Å². The van der Waals surface area contributed by atoms with Crippen molar-refractivity contribution >= 4 is 0 Å². The Morgan fingerprint density at radius 2 is 1.25 bits per heavy atom. The Labute approximate surface area is 378 Å². The SMILES string of the molecule is C/C(=C/CC(O)[C@@H](C)[C@H]1CC[C@@]2(C)[C@@H]3CC[C@H]4C(C)(C)[C@@H](O[C@@H]5O[C@H](C)[C@H](O[C@@H]6O[C@H](CO)[C@@H](O)[C@H](O)[C@H]6O[C@@H]6O[C@@H](C)[C@H](O)[C@@H](O)[C@H]6O)[C@H](O)[C@H]5O)CC[C@@]45C[C@@]35CC[C@]12C)CO. The minimum Gasteiger partial charge on any atom is -0.394 e. The van der Waals surface area contributed by atoms with Crippen LogP contribution in [0.2, 0.25) is 0 Å². The first-order valence-electron chi connectivity index (χ1n) is 24.3. The normalized spacial score (nSPS) is 54.5. The molecule has 3 saturated heterocycles. The molecule has 10 N–H and O–H groups in total. The average Bonchev–Trinajstić information content (AvgIpc) is 3.85. The number of fused-ring (bicyclic) bond motifs is 2. The summed E-state index contributed by atoms with van der Waals surface area (Å²) in [5.74, 6) is 1.62. The summed E-state index contributed by atoms with van der Waals surface area (Å²) in [6, 6.07) is 0. The van der Waals surface area contributed by atoms with Gasteiger partial charge in [-0.15, -0.1) is 0 Å². The molecule has 368 valence electrons. The van der Waals surface area contributed by atoms with Crippen LogP contribution in [0.4, 0.5) is 0 Å². The first-order valence-corrected chi connectivity index (χ1v) is 24.3. The number of rotatable bonds is 12. The van der Waals surface area contributed by atoms with Gasteiger partial charge >= 0.3 is 0 Å². The summed E-state index contributed by atoms with van der Waals surface area (Å²) in [4.78, 5) is 0. The Balaban J connectivity index is 0.927. The maximum Gasteiger partial charge on any atom is 0.187 e. The molecule has 0 amide bonds. The van der Waals surface area contributed by atoms with Crippen molar-refractivity contribution in [3.8, 4) is 0 Å². The van der Waals surface area contributed by atoms with Gasteiger partial charge in [0.2, 0.25) is 0 Å². The third kappa shape index (κ3) is 7.63. The Kier molecular flexibility index (Phi) is 13.8. The lowest BCUT2D eigenvalue weighted by molar-refractivity contribution is -0.388. The molecule has 8 rings (SSSR count). The van der Waals surface area contributed by atoms with Crippen LogP contribution < -0.4 is 0 Å². The molecule has 0 radical (unpaired) electrons. The number of aliphatic hydroxyl groups excluding tert-OH is 10. The van der Waals surface area contributed by atoms with Gasteiger partial charge in [-0.25, -0.2) is 0 Å². The molecule has 25 atom stereocenters. The van der Waals surface area contributed by atoms with Gasteiger partial charge in [-0.05, 0) is 136 Å². The number of aliphatic hydroxyl groups is 10. The van der Waals surface area contributed by atoms with Crippen LogP contribution in [0.5, 0.6) is 0 Å². The van der Waals surface area contributed by atoms with Crippen LogP contribution >= 0.6 is 0 Å². The van der Waals surface area contributed by atoms with Crippen molar-refractivity contribution in [2.24, 2.45) is 50.7 Å². The molecule has 0 aromatic heterocycles. The van der Waals surface area contributed by atoms with E-state index in [1.807, 2.05) is 13.0 Å². The van der Waals surface area contributed by atoms with E-state index in [1.54, 1.807) is 6.92 Å². The average molecular weight is 913 g/mol. The molecule has 0 aromatic carbocycles. The van der Waals surface area contributed by atoms with Crippen LogP contribution in [0.25, 0.3) is 0 Å². The highest BCUT2D eigenvalue weighted by atomic mass is 16.8. The number of hydrogen-bond acceptors (Lipinski definition) is 16. The fourth-order valence-corrected chi connectivity index (χ4v) is 15.5. The molecule has 3 heterocycles. The summed E-state index contributed by atoms with van der Waals surface area (Å²) < 4.78 is 36.4. The second-order valence-electron chi connectivity index (χ2n) is 22.8. The van der Waals surface area contributed by atoms with Crippen LogP contribution in [-0.2, 0) is 28.4 Å². The van der Waals surface area contributed by atoms with Crippen molar-refractivity contribution in [3.63, 3.8) is 0 Å². The standard InChI is InChI=1S/C48H80O16/c1-22(19-49)9-10-27(51)23(2)26-13-15-46(8)30-12-11-29-44(5,6)31(14-16-47(29)21-48(30,47)18-17-45(26,46)7)62-41-38(58)36(56)39(25(4)60-41)63-43-40(35(55)33(53)28(20-50)61-43)64-42-37(57)34(54)32(52)24(3)59-42/h9,23-43,49-58H,10-21H2,1-8H3/b22-9-/t23-,24-,25+,26+,27?,28+,29-,30-,31-,32-,33+,34+,35-,36+,37+,38+,39-,40+,41-,42-,43-,45+,46-,47+,48-/m0/s1. The third-order valence-corrected chi connectivity index (χ3v) is 19.6. The van der Waals surface area contributed by atoms with Crippen LogP contribution in [0.3, 0.4) is 0 Å². The first-order chi connectivity index (χ1) is 30.0. The molecule has 16 heteroatoms. The van der Waals surface area contributed by atoms with Gasteiger partial charge in [-0.2, -0.15) is 0 Å². The molecular weight excluding hydrogens is 833 g/mol. The van der Waals surface area contributed by atoms with Gasteiger partial charge in [0.1, 0.15) is 61.0 Å². The van der Waals surface area contributed by atoms with Crippen molar-refractivity contribution in [1.29, 1.82) is 0 Å². The van der Waals surface area contributed by atoms with E-state index in [9.17, 15) is 51.1 Å². The van der Waals surface area contributed by atoms with Gasteiger partial charge < -0.3 is 79.5 Å². The van der Waals surface area contributed by atoms with Crippen molar-refractivity contribution in [1.82, 2.24) is 0 Å². The van der Waals surface area contributed by atoms with Gasteiger partial charge in [-0.3, -0.25) is 0 Å². The lowest BCUT2D eigenvalue weighted by Gasteiger charge is -2.63. The second kappa shape index (κ2) is 17.8. The van der Waals surface area contributed by atoms with E-state index in [1.165, 1.54) is 26.2 Å². The molecule has 5 aliphatic carbocycles. The van der Waals surface area contributed by atoms with E-state index in [0.717, 1.165) is 44.1 Å². The molecule has 5 saturated carbocycles. The van der Waals surface area contributed by atoms with Crippen LogP contribution in [0.15, 0.2) is 11.6 Å². The van der Waals surface area contributed by atoms with Crippen LogP contribution in [0.1, 0.15) is 120 Å². The fraction of sp³-hybridized carbons (Fsp3) is 0.958. The van der Waals surface area contributed by atoms with Crippen LogP contribution in [-0.4, -0.2) is 169 Å². The van der Waals surface area contributed by atoms with Crippen molar-refractivity contribution in [3.05, 3.63) is 11.6 Å². The first kappa shape index (κ1) is 49.5. The van der Waals surface area contributed by atoms with E-state index in [4.69, 9.17) is 28.4 Å². The Morgan fingerprint density at radius 1 is 0.641 bits per heavy atom. The highest BCUT2D eigenvalue weighted by Crippen LogP contribution is 2.89. The quantitative estimate of drug-likeness (QED) is 0.0987. The number of hydrogen-bond donors (Lipinski definition) is 10. The van der Waals surface area contributed by atoms with Gasteiger partial charge in [0.15, 0.2) is 18.9 Å². The van der Waals surface area contributed by atoms with Gasteiger partial charge in [-0.1, -0.05) is 46.3 Å². The third-order valence-electron chi connectivity index (χ3n) is 19.6. The monoisotopic (exact) mass is 913 g/mol. The lowest BCUT2D eigenvalue weighted by atomic mass is 9.41. The van der Waals surface area contributed by atoms with Gasteiger partial charge in [0, 0.05) is 0 Å². The zero-order valence-corrected chi connectivity index (χ0v) is 39.1. The second-order valence-corrected chi connectivity index (χ2v) is 22.8. The van der Waals surface area contributed by atoms with E-state index in [0.29, 0.717) is 24.2 Å². The highest BCUT2D eigenvalue weighted by Gasteiger charge is 2.82. The number of ether oxygens (including phenoxy) is 6. The fourth-order valence-electron chi connectivity index (χ4n) is 15.5. The molecule has 16 nitrogen and oxygen atoms in total. The Hall–Kier alpha value is -0.900. The molecular formula is C48H80O16. The van der Waals surface area contributed by atoms with E-state index in [2.05, 4.69) is 34.6 Å². The predicted octanol–water partition coefficient (Wildman–Crippen LogP) is 1.64. The molecule has 8 aliphatic rings. The highest BCUT2D eigenvalue weighted by molar-refractivity contribution is 5.31. The Morgan fingerprint density at radius 3 is 1.94 bits per heavy atom. The topological polar surface area (TPSA) is 258 Å². The summed E-state index contributed by atoms with van der Waals surface area (Å²) in [6.07, 6.45) is -9.98. The minimum absolute atomic E-state index is 0.0146. The molecule has 2 spiro atoms. The molecule has 0 bridgehead atoms. The minimum atomic E-state index is -1.75. The lowest BCUT2D eigenvalue weighted by Crippen LogP contribution is -2.66. The smallest absolute Gasteiger partial charge is 0.187 e. The molecule has 64 heavy (non-hydrogen) atoms. The maximum atomic E-state index is 11.6. The zero-order chi connectivity index (χ0) is 46.6. The Bertz CT molecular complexity index is 1680. The largest absolute Gasteiger partial charge is 0.394 e. The predicted molar refractivity (Wildman–Crippen MR) is 229 cm³/mol. The van der Waals surface area contributed by atoms with Crippen molar-refractivity contribution < 1.29 is 79.5 Å². The van der Waals surface area contributed by atoms with E-state index >= 15 is 0 Å². The molecule has 3 aliphatic heterocycles. The summed E-state index contributed by atoms with van der Waals surface area (Å²) in [7, 11) is 0. The van der Waals surface area contributed by atoms with Crippen LogP contribution in [0, 0.1) is 50.7 Å². The van der Waals surface area contributed by atoms with E-state index < -0.39 is 105 Å². The zero-order valence-electron chi connectivity index (χ0n) is 39.1. The molecule has 0 aromatic rings. The molecule has 1 unspecified atom stereocenters. The summed E-state index contributed by atoms with van der Waals surface area (Å²) in [6.45, 7) is 16.2. The maximum absolute atomic E-state index is 11.6. The van der Waals surface area contributed by atoms with Crippen molar-refractivity contribution in [2.75, 3.05) is 13.2 Å². The van der Waals surface area contributed by atoms with Gasteiger partial charge in [0.05, 0.1) is 37.6 Å². The van der Waals surface area contributed by atoms with Crippen molar-refractivity contribution in [2.45, 2.75) is 224 Å².